The van der Waals surface area contributed by atoms with E-state index in [-0.39, 0.29) is 0 Å². The fourth-order valence-electron chi connectivity index (χ4n) is 7.10. The number of rotatable bonds is 5. The van der Waals surface area contributed by atoms with Crippen molar-refractivity contribution in [2.45, 2.75) is 0 Å². The number of anilines is 3. The normalized spacial score (nSPS) is 11.8. The minimum Gasteiger partial charge on any atom is -0.456 e. The predicted molar refractivity (Wildman–Crippen MR) is 197 cm³/mol. The fourth-order valence-corrected chi connectivity index (χ4v) is 8.21. The number of fused-ring (bicyclic) bond motifs is 6. The third kappa shape index (κ3) is 4.09. The highest BCUT2D eigenvalue weighted by molar-refractivity contribution is 7.19. The molecule has 0 saturated carbocycles. The summed E-state index contributed by atoms with van der Waals surface area (Å²) in [5.41, 5.74) is 12.1. The summed E-state index contributed by atoms with van der Waals surface area (Å²) in [6, 6.07) is 56.0. The van der Waals surface area contributed by atoms with E-state index in [4.69, 9.17) is 9.40 Å². The summed E-state index contributed by atoms with van der Waals surface area (Å²) >= 11 is 1.78. The largest absolute Gasteiger partial charge is 0.456 e. The molecule has 1 aliphatic carbocycles. The molecule has 0 aliphatic heterocycles. The summed E-state index contributed by atoms with van der Waals surface area (Å²) in [5.74, 6) is 0. The van der Waals surface area contributed by atoms with E-state index in [0.29, 0.717) is 0 Å². The van der Waals surface area contributed by atoms with Crippen LogP contribution in [-0.4, -0.2) is 4.98 Å². The molecule has 47 heavy (non-hydrogen) atoms. The molecule has 0 amide bonds. The first-order valence-corrected chi connectivity index (χ1v) is 16.6. The Morgan fingerprint density at radius 2 is 1.19 bits per heavy atom. The van der Waals surface area contributed by atoms with Crippen molar-refractivity contribution >= 4 is 61.1 Å². The Balaban J connectivity index is 1.20. The second-order valence-electron chi connectivity index (χ2n) is 12.0. The first-order chi connectivity index (χ1) is 23.3. The molecule has 2 aromatic heterocycles. The third-order valence-corrected chi connectivity index (χ3v) is 10.4. The summed E-state index contributed by atoms with van der Waals surface area (Å²) in [6.07, 6.45) is 0. The van der Waals surface area contributed by atoms with Gasteiger partial charge in [-0.1, -0.05) is 115 Å². The summed E-state index contributed by atoms with van der Waals surface area (Å²) in [7, 11) is 0. The van der Waals surface area contributed by atoms with Gasteiger partial charge in [-0.2, -0.15) is 0 Å². The van der Waals surface area contributed by atoms with E-state index in [9.17, 15) is 0 Å². The van der Waals surface area contributed by atoms with Gasteiger partial charge in [0.2, 0.25) is 0 Å². The molecule has 10 rings (SSSR count). The molecule has 4 heteroatoms. The monoisotopic (exact) mass is 618 g/mol. The lowest BCUT2D eigenvalue weighted by molar-refractivity contribution is 0.669. The maximum absolute atomic E-state index is 6.23. The lowest BCUT2D eigenvalue weighted by Crippen LogP contribution is -2.10. The molecule has 0 unspecified atom stereocenters. The number of hydrogen-bond donors (Lipinski definition) is 0. The zero-order valence-corrected chi connectivity index (χ0v) is 26.0. The van der Waals surface area contributed by atoms with Gasteiger partial charge in [-0.05, 0) is 53.6 Å². The highest BCUT2D eigenvalue weighted by Gasteiger charge is 2.29. The van der Waals surface area contributed by atoms with E-state index in [2.05, 4.69) is 150 Å². The standard InChI is InChI=1S/C43H26N2OS/c1-3-11-27(12-4-1)29-15-9-16-30(25-29)45(31-21-24-39-36(26-31)32-17-7-8-20-38(32)46-39)37-23-22-34-40-33(37)18-10-19-35(40)42-41(34)44-43(47-42)28-13-5-2-6-14-28/h1-26H. The molecule has 1 aliphatic rings. The highest BCUT2D eigenvalue weighted by Crippen LogP contribution is 2.54. The van der Waals surface area contributed by atoms with E-state index in [1.807, 2.05) is 12.1 Å². The summed E-state index contributed by atoms with van der Waals surface area (Å²) in [5, 5.41) is 5.74. The smallest absolute Gasteiger partial charge is 0.135 e. The van der Waals surface area contributed by atoms with Crippen LogP contribution in [0.4, 0.5) is 17.1 Å². The topological polar surface area (TPSA) is 29.3 Å². The molecular weight excluding hydrogens is 593 g/mol. The highest BCUT2D eigenvalue weighted by atomic mass is 32.1. The zero-order valence-electron chi connectivity index (χ0n) is 25.2. The molecule has 9 aromatic rings. The van der Waals surface area contributed by atoms with Crippen molar-refractivity contribution < 1.29 is 4.42 Å². The lowest BCUT2D eigenvalue weighted by atomic mass is 10.00. The number of para-hydroxylation sites is 1. The van der Waals surface area contributed by atoms with Crippen LogP contribution in [0.1, 0.15) is 0 Å². The van der Waals surface area contributed by atoms with Crippen molar-refractivity contribution in [3.63, 3.8) is 0 Å². The average Bonchev–Trinajstić information content (AvgIpc) is 3.82. The maximum Gasteiger partial charge on any atom is 0.135 e. The van der Waals surface area contributed by atoms with Gasteiger partial charge in [-0.15, -0.1) is 11.3 Å². The molecule has 0 radical (unpaired) electrons. The van der Waals surface area contributed by atoms with Gasteiger partial charge in [-0.25, -0.2) is 4.98 Å². The molecule has 0 atom stereocenters. The number of hydrogen-bond acceptors (Lipinski definition) is 4. The van der Waals surface area contributed by atoms with E-state index >= 15 is 0 Å². The molecule has 2 heterocycles. The molecule has 0 bridgehead atoms. The number of thiazole rings is 1. The molecular formula is C43H26N2OS. The van der Waals surface area contributed by atoms with Crippen LogP contribution in [0.15, 0.2) is 162 Å². The first-order valence-electron chi connectivity index (χ1n) is 15.8. The third-order valence-electron chi connectivity index (χ3n) is 9.24. The van der Waals surface area contributed by atoms with Gasteiger partial charge in [0.05, 0.1) is 16.3 Å². The minimum absolute atomic E-state index is 0.887. The Labute approximate surface area is 275 Å². The SMILES string of the molecule is c1ccc(-c2cccc(N(c3ccc4oc5ccccc5c4c3)c3ccc4c5c(cccc35)-c3sc(-c5ccccc5)nc3-4)c2)cc1. The van der Waals surface area contributed by atoms with Crippen molar-refractivity contribution in [2.24, 2.45) is 0 Å². The summed E-state index contributed by atoms with van der Waals surface area (Å²) in [6.45, 7) is 0. The van der Waals surface area contributed by atoms with Crippen molar-refractivity contribution in [2.75, 3.05) is 4.90 Å². The van der Waals surface area contributed by atoms with Crippen molar-refractivity contribution in [1.29, 1.82) is 0 Å². The van der Waals surface area contributed by atoms with Crippen LogP contribution >= 0.6 is 11.3 Å². The number of benzene rings is 7. The van der Waals surface area contributed by atoms with Crippen molar-refractivity contribution in [3.05, 3.63) is 158 Å². The van der Waals surface area contributed by atoms with Gasteiger partial charge in [-0.3, -0.25) is 0 Å². The van der Waals surface area contributed by atoms with Crippen LogP contribution < -0.4 is 4.90 Å². The summed E-state index contributed by atoms with van der Waals surface area (Å²) in [4.78, 5) is 8.82. The van der Waals surface area contributed by atoms with E-state index in [1.54, 1.807) is 11.3 Å². The van der Waals surface area contributed by atoms with E-state index in [0.717, 1.165) is 55.3 Å². The Bertz CT molecular complexity index is 2610. The van der Waals surface area contributed by atoms with Gasteiger partial charge in [0, 0.05) is 49.6 Å². The van der Waals surface area contributed by atoms with Crippen LogP contribution in [0, 0.1) is 0 Å². The van der Waals surface area contributed by atoms with Gasteiger partial charge >= 0.3 is 0 Å². The zero-order chi connectivity index (χ0) is 30.9. The average molecular weight is 619 g/mol. The van der Waals surface area contributed by atoms with Crippen LogP contribution in [0.3, 0.4) is 0 Å². The number of aromatic nitrogens is 1. The van der Waals surface area contributed by atoms with E-state index < -0.39 is 0 Å². The second kappa shape index (κ2) is 10.3. The van der Waals surface area contributed by atoms with Crippen LogP contribution in [0.2, 0.25) is 0 Å². The first kappa shape index (κ1) is 26.3. The van der Waals surface area contributed by atoms with Gasteiger partial charge in [0.25, 0.3) is 0 Å². The van der Waals surface area contributed by atoms with Crippen molar-refractivity contribution in [3.8, 4) is 43.4 Å². The van der Waals surface area contributed by atoms with Crippen LogP contribution in [0.25, 0.3) is 76.1 Å². The quantitative estimate of drug-likeness (QED) is 0.192. The molecule has 0 N–H and O–H groups in total. The van der Waals surface area contributed by atoms with Crippen LogP contribution in [0.5, 0.6) is 0 Å². The minimum atomic E-state index is 0.887. The Morgan fingerprint density at radius 3 is 2.06 bits per heavy atom. The van der Waals surface area contributed by atoms with Gasteiger partial charge in [0.15, 0.2) is 0 Å². The number of nitrogens with zero attached hydrogens (tertiary/aromatic N) is 2. The second-order valence-corrected chi connectivity index (χ2v) is 13.0. The molecule has 0 saturated heterocycles. The Kier molecular flexibility index (Phi) is 5.74. The molecule has 0 spiro atoms. The molecule has 0 fully saturated rings. The van der Waals surface area contributed by atoms with Gasteiger partial charge < -0.3 is 9.32 Å². The maximum atomic E-state index is 6.23. The Hall–Kier alpha value is -5.97. The predicted octanol–water partition coefficient (Wildman–Crippen LogP) is 12.6. The Morgan fingerprint density at radius 1 is 0.489 bits per heavy atom. The molecule has 3 nitrogen and oxygen atoms in total. The molecule has 220 valence electrons. The van der Waals surface area contributed by atoms with Crippen LogP contribution in [-0.2, 0) is 0 Å². The summed E-state index contributed by atoms with van der Waals surface area (Å²) < 4.78 is 6.23. The van der Waals surface area contributed by atoms with E-state index in [1.165, 1.54) is 37.9 Å². The van der Waals surface area contributed by atoms with Crippen molar-refractivity contribution in [1.82, 2.24) is 4.98 Å². The molecule has 7 aromatic carbocycles. The lowest BCUT2D eigenvalue weighted by Gasteiger charge is -2.28. The van der Waals surface area contributed by atoms with Gasteiger partial charge in [0.1, 0.15) is 16.2 Å². The fraction of sp³-hybridized carbons (Fsp3) is 0. The number of furan rings is 1.